The van der Waals surface area contributed by atoms with Crippen molar-refractivity contribution in [3.63, 3.8) is 0 Å². The minimum Gasteiger partial charge on any atom is -0.493 e. The number of amides is 2. The Labute approximate surface area is 173 Å². The second-order valence-corrected chi connectivity index (χ2v) is 8.17. The van der Waals surface area contributed by atoms with Crippen LogP contribution in [0, 0.1) is 0 Å². The van der Waals surface area contributed by atoms with Gasteiger partial charge >= 0.3 is 5.91 Å². The van der Waals surface area contributed by atoms with Crippen molar-refractivity contribution >= 4 is 21.7 Å². The number of benzene rings is 2. The van der Waals surface area contributed by atoms with E-state index < -0.39 is 27.4 Å². The van der Waals surface area contributed by atoms with E-state index in [0.29, 0.717) is 12.4 Å². The van der Waals surface area contributed by atoms with Crippen LogP contribution in [0.2, 0.25) is 0 Å². The zero-order valence-corrected chi connectivity index (χ0v) is 16.9. The van der Waals surface area contributed by atoms with E-state index in [1.54, 1.807) is 49.4 Å². The Morgan fingerprint density at radius 1 is 0.900 bits per heavy atom. The Morgan fingerprint density at radius 3 is 2.30 bits per heavy atom. The number of para-hydroxylation sites is 1. The molecule has 2 N–H and O–H groups in total. The molecule has 0 aliphatic rings. The van der Waals surface area contributed by atoms with E-state index in [4.69, 9.17) is 9.15 Å². The Hall–Kier alpha value is -3.59. The lowest BCUT2D eigenvalue weighted by molar-refractivity contribution is 0.0828. The van der Waals surface area contributed by atoms with Gasteiger partial charge in [-0.1, -0.05) is 30.3 Å². The van der Waals surface area contributed by atoms with Crippen LogP contribution in [-0.4, -0.2) is 26.8 Å². The highest BCUT2D eigenvalue weighted by Crippen LogP contribution is 2.19. The lowest BCUT2D eigenvalue weighted by Crippen LogP contribution is -2.41. The van der Waals surface area contributed by atoms with Gasteiger partial charge in [-0.15, -0.1) is 0 Å². The van der Waals surface area contributed by atoms with E-state index in [2.05, 4.69) is 10.9 Å². The molecule has 3 aromatic rings. The molecule has 0 spiro atoms. The average molecular weight is 428 g/mol. The van der Waals surface area contributed by atoms with Crippen molar-refractivity contribution in [1.82, 2.24) is 10.9 Å². The summed E-state index contributed by atoms with van der Waals surface area (Å²) in [5.74, 6) is -1.31. The summed E-state index contributed by atoms with van der Waals surface area (Å²) in [5, 5.41) is 0. The monoisotopic (exact) mass is 428 g/mol. The predicted octanol–water partition coefficient (Wildman–Crippen LogP) is 2.73. The van der Waals surface area contributed by atoms with Gasteiger partial charge in [-0.25, -0.2) is 8.42 Å². The molecule has 8 nitrogen and oxygen atoms in total. The van der Waals surface area contributed by atoms with Crippen molar-refractivity contribution in [3.05, 3.63) is 83.8 Å². The summed E-state index contributed by atoms with van der Waals surface area (Å²) < 4.78 is 35.5. The Morgan fingerprint density at radius 2 is 1.57 bits per heavy atom. The van der Waals surface area contributed by atoms with Crippen LogP contribution in [0.1, 0.15) is 33.6 Å². The van der Waals surface area contributed by atoms with Gasteiger partial charge in [0.25, 0.3) is 5.91 Å². The molecule has 30 heavy (non-hydrogen) atoms. The third-order valence-corrected chi connectivity index (χ3v) is 5.70. The van der Waals surface area contributed by atoms with Crippen LogP contribution in [0.5, 0.6) is 5.75 Å². The normalized spacial score (nSPS) is 11.0. The molecule has 2 amide bonds. The van der Waals surface area contributed by atoms with Gasteiger partial charge in [0, 0.05) is 0 Å². The maximum atomic E-state index is 12.4. The van der Waals surface area contributed by atoms with Crippen molar-refractivity contribution in [1.29, 1.82) is 0 Å². The molecule has 2 aromatic carbocycles. The molecule has 3 rings (SSSR count). The summed E-state index contributed by atoms with van der Waals surface area (Å²) in [4.78, 5) is 24.7. The maximum Gasteiger partial charge on any atom is 0.305 e. The number of rotatable bonds is 7. The summed E-state index contributed by atoms with van der Waals surface area (Å²) in [6.07, 6.45) is 0. The van der Waals surface area contributed by atoms with Crippen molar-refractivity contribution < 1.29 is 27.2 Å². The van der Waals surface area contributed by atoms with Gasteiger partial charge in [0.2, 0.25) is 0 Å². The molecule has 9 heteroatoms. The first kappa shape index (κ1) is 21.1. The number of carbonyl (C=O) groups is 2. The minimum absolute atomic E-state index is 0.108. The van der Waals surface area contributed by atoms with Gasteiger partial charge in [-0.3, -0.25) is 20.4 Å². The number of nitrogens with one attached hydrogen (secondary N) is 2. The molecular weight excluding hydrogens is 408 g/mol. The highest BCUT2D eigenvalue weighted by atomic mass is 32.2. The highest BCUT2D eigenvalue weighted by Gasteiger charge is 2.20. The lowest BCUT2D eigenvalue weighted by atomic mass is 10.2. The van der Waals surface area contributed by atoms with Crippen LogP contribution in [0.25, 0.3) is 0 Å². The quantitative estimate of drug-likeness (QED) is 0.559. The van der Waals surface area contributed by atoms with Crippen LogP contribution in [0.3, 0.4) is 0 Å². The summed E-state index contributed by atoms with van der Waals surface area (Å²) in [6.45, 7) is 2.18. The number of sulfone groups is 1. The summed E-state index contributed by atoms with van der Waals surface area (Å²) in [7, 11) is -3.61. The van der Waals surface area contributed by atoms with Crippen molar-refractivity contribution in [3.8, 4) is 5.75 Å². The van der Waals surface area contributed by atoms with Crippen LogP contribution in [0.15, 0.2) is 76.0 Å². The lowest BCUT2D eigenvalue weighted by Gasteiger charge is -2.10. The number of hydrogen-bond acceptors (Lipinski definition) is 6. The molecule has 156 valence electrons. The van der Waals surface area contributed by atoms with Crippen LogP contribution < -0.4 is 15.6 Å². The number of hydrazine groups is 1. The molecule has 0 radical (unpaired) electrons. The number of carbonyl (C=O) groups excluding carboxylic acids is 2. The first-order valence-corrected chi connectivity index (χ1v) is 10.7. The fourth-order valence-corrected chi connectivity index (χ4v) is 3.92. The van der Waals surface area contributed by atoms with Crippen molar-refractivity contribution in [2.75, 3.05) is 6.61 Å². The maximum absolute atomic E-state index is 12.4. The molecule has 1 heterocycles. The van der Waals surface area contributed by atoms with Gasteiger partial charge in [-0.05, 0) is 43.3 Å². The van der Waals surface area contributed by atoms with E-state index >= 15 is 0 Å². The summed E-state index contributed by atoms with van der Waals surface area (Å²) in [5.41, 5.74) is 4.78. The fraction of sp³-hybridized carbons (Fsp3) is 0.143. The molecule has 0 saturated heterocycles. The number of hydrogen-bond donors (Lipinski definition) is 2. The van der Waals surface area contributed by atoms with Gasteiger partial charge in [0.1, 0.15) is 17.3 Å². The Bertz CT molecular complexity index is 1140. The Kier molecular flexibility index (Phi) is 6.53. The molecule has 0 saturated carbocycles. The fourth-order valence-electron chi connectivity index (χ4n) is 2.65. The molecule has 0 atom stereocenters. The summed E-state index contributed by atoms with van der Waals surface area (Å²) >= 11 is 0. The predicted molar refractivity (Wildman–Crippen MR) is 109 cm³/mol. The second-order valence-electron chi connectivity index (χ2n) is 6.18. The second kappa shape index (κ2) is 9.27. The third kappa shape index (κ3) is 5.06. The van der Waals surface area contributed by atoms with Crippen molar-refractivity contribution in [2.45, 2.75) is 17.6 Å². The molecule has 0 aliphatic carbocycles. The largest absolute Gasteiger partial charge is 0.493 e. The molecule has 0 bridgehead atoms. The zero-order chi connectivity index (χ0) is 21.6. The van der Waals surface area contributed by atoms with E-state index in [1.165, 1.54) is 24.3 Å². The summed E-state index contributed by atoms with van der Waals surface area (Å²) in [6, 6.07) is 17.3. The van der Waals surface area contributed by atoms with Crippen LogP contribution >= 0.6 is 0 Å². The van der Waals surface area contributed by atoms with Gasteiger partial charge in [0.05, 0.1) is 17.1 Å². The van der Waals surface area contributed by atoms with Crippen molar-refractivity contribution in [2.24, 2.45) is 0 Å². The van der Waals surface area contributed by atoms with Gasteiger partial charge < -0.3 is 9.15 Å². The molecule has 1 aromatic heterocycles. The first-order chi connectivity index (χ1) is 14.4. The zero-order valence-electron chi connectivity index (χ0n) is 16.1. The van der Waals surface area contributed by atoms with E-state index in [-0.39, 0.29) is 22.0 Å². The van der Waals surface area contributed by atoms with Crippen LogP contribution in [0.4, 0.5) is 0 Å². The molecular formula is C21H20N2O6S. The number of ether oxygens (including phenoxy) is 1. The topological polar surface area (TPSA) is 115 Å². The smallest absolute Gasteiger partial charge is 0.305 e. The standard InChI is InChI=1S/C21H20N2O6S/c1-2-28-18-11-7-6-10-17(18)20(24)22-23-21(25)19-13-12-15(29-19)14-30(26,27)16-8-4-3-5-9-16/h3-13H,2,14H2,1H3,(H,22,24)(H,23,25). The highest BCUT2D eigenvalue weighted by molar-refractivity contribution is 7.90. The van der Waals surface area contributed by atoms with Crippen LogP contribution in [-0.2, 0) is 15.6 Å². The van der Waals surface area contributed by atoms with Gasteiger partial charge in [0.15, 0.2) is 15.6 Å². The van der Waals surface area contributed by atoms with E-state index in [0.717, 1.165) is 0 Å². The average Bonchev–Trinajstić information content (AvgIpc) is 3.21. The number of furan rings is 1. The van der Waals surface area contributed by atoms with Gasteiger partial charge in [-0.2, -0.15) is 0 Å². The Balaban J connectivity index is 1.62. The van der Waals surface area contributed by atoms with E-state index in [1.807, 2.05) is 0 Å². The SMILES string of the molecule is CCOc1ccccc1C(=O)NNC(=O)c1ccc(CS(=O)(=O)c2ccccc2)o1. The molecule has 0 unspecified atom stereocenters. The minimum atomic E-state index is -3.61. The van der Waals surface area contributed by atoms with E-state index in [9.17, 15) is 18.0 Å². The molecule has 0 aliphatic heterocycles. The third-order valence-electron chi connectivity index (χ3n) is 4.04. The molecule has 0 fully saturated rings. The first-order valence-electron chi connectivity index (χ1n) is 9.09.